The second kappa shape index (κ2) is 5.75. The molecule has 0 bridgehead atoms. The van der Waals surface area contributed by atoms with Gasteiger partial charge in [0.05, 0.1) is 5.69 Å². The van der Waals surface area contributed by atoms with E-state index in [2.05, 4.69) is 32.2 Å². The van der Waals surface area contributed by atoms with Crippen LogP contribution in [0, 0.1) is 12.8 Å². The number of hydrogen-bond donors (Lipinski definition) is 1. The number of rotatable bonds is 5. The van der Waals surface area contributed by atoms with Gasteiger partial charge in [0, 0.05) is 38.5 Å². The second-order valence-corrected chi connectivity index (χ2v) is 5.46. The lowest BCUT2D eigenvalue weighted by molar-refractivity contribution is 0.339. The van der Waals surface area contributed by atoms with Gasteiger partial charge < -0.3 is 14.4 Å². The molecule has 2 aromatic rings. The van der Waals surface area contributed by atoms with Crippen LogP contribution < -0.4 is 5.32 Å². The van der Waals surface area contributed by atoms with E-state index in [1.165, 1.54) is 6.42 Å². The lowest BCUT2D eigenvalue weighted by Gasteiger charge is -2.24. The van der Waals surface area contributed by atoms with Gasteiger partial charge in [0.2, 0.25) is 0 Å². The first-order chi connectivity index (χ1) is 9.76. The minimum atomic E-state index is 0.636. The Morgan fingerprint density at radius 2 is 2.35 bits per heavy atom. The molecular formula is C14H21N5O. The summed E-state index contributed by atoms with van der Waals surface area (Å²) in [5.41, 5.74) is 0.970. The van der Waals surface area contributed by atoms with E-state index < -0.39 is 0 Å². The van der Waals surface area contributed by atoms with Crippen molar-refractivity contribution in [2.45, 2.75) is 46.2 Å². The average molecular weight is 275 g/mol. The van der Waals surface area contributed by atoms with Gasteiger partial charge in [-0.3, -0.25) is 0 Å². The van der Waals surface area contributed by atoms with E-state index in [-0.39, 0.29) is 0 Å². The molecule has 2 aromatic heterocycles. The molecular weight excluding hydrogens is 254 g/mol. The van der Waals surface area contributed by atoms with Gasteiger partial charge in [-0.05, 0) is 19.3 Å². The van der Waals surface area contributed by atoms with E-state index >= 15 is 0 Å². The minimum absolute atomic E-state index is 0.636. The van der Waals surface area contributed by atoms with Crippen molar-refractivity contribution in [3.63, 3.8) is 0 Å². The van der Waals surface area contributed by atoms with Crippen LogP contribution in [0.2, 0.25) is 0 Å². The zero-order valence-corrected chi connectivity index (χ0v) is 12.1. The van der Waals surface area contributed by atoms with Gasteiger partial charge in [0.1, 0.15) is 17.4 Å². The quantitative estimate of drug-likeness (QED) is 0.895. The highest BCUT2D eigenvalue weighted by Crippen LogP contribution is 2.19. The maximum Gasteiger partial charge on any atom is 0.133 e. The molecule has 0 aromatic carbocycles. The van der Waals surface area contributed by atoms with Crippen LogP contribution in [0.3, 0.4) is 0 Å². The summed E-state index contributed by atoms with van der Waals surface area (Å²) in [6.07, 6.45) is 3.15. The first-order valence-electron chi connectivity index (χ1n) is 7.30. The zero-order valence-electron chi connectivity index (χ0n) is 12.1. The predicted octanol–water partition coefficient (Wildman–Crippen LogP) is 1.49. The SMILES string of the molecule is CCc1nnc2n1CC(CNCc1cc(C)on1)CC2. The van der Waals surface area contributed by atoms with Gasteiger partial charge in [-0.2, -0.15) is 0 Å². The molecule has 6 nitrogen and oxygen atoms in total. The fourth-order valence-corrected chi connectivity index (χ4v) is 2.78. The fourth-order valence-electron chi connectivity index (χ4n) is 2.78. The van der Waals surface area contributed by atoms with Crippen molar-refractivity contribution in [2.24, 2.45) is 5.92 Å². The highest BCUT2D eigenvalue weighted by Gasteiger charge is 2.21. The number of fused-ring (bicyclic) bond motifs is 1. The number of nitrogens with zero attached hydrogens (tertiary/aromatic N) is 4. The maximum absolute atomic E-state index is 5.06. The van der Waals surface area contributed by atoms with Gasteiger partial charge in [-0.15, -0.1) is 10.2 Å². The molecule has 3 rings (SSSR count). The standard InChI is InChI=1S/C14H21N5O/c1-3-13-16-17-14-5-4-11(9-19(13)14)7-15-8-12-6-10(2)20-18-12/h6,11,15H,3-5,7-9H2,1-2H3. The molecule has 0 saturated heterocycles. The van der Waals surface area contributed by atoms with Crippen LogP contribution in [0.4, 0.5) is 0 Å². The Morgan fingerprint density at radius 1 is 1.45 bits per heavy atom. The number of nitrogens with one attached hydrogen (secondary N) is 1. The lowest BCUT2D eigenvalue weighted by Crippen LogP contribution is -2.30. The summed E-state index contributed by atoms with van der Waals surface area (Å²) < 4.78 is 7.35. The molecule has 0 spiro atoms. The Balaban J connectivity index is 1.52. The van der Waals surface area contributed by atoms with Crippen molar-refractivity contribution in [1.82, 2.24) is 25.2 Å². The van der Waals surface area contributed by atoms with E-state index in [0.29, 0.717) is 5.92 Å². The third kappa shape index (κ3) is 2.75. The van der Waals surface area contributed by atoms with E-state index in [4.69, 9.17) is 4.52 Å². The van der Waals surface area contributed by atoms with E-state index in [0.717, 1.165) is 55.6 Å². The molecule has 1 aliphatic heterocycles. The molecule has 1 unspecified atom stereocenters. The molecule has 1 atom stereocenters. The third-order valence-electron chi connectivity index (χ3n) is 3.85. The monoisotopic (exact) mass is 275 g/mol. The maximum atomic E-state index is 5.06. The topological polar surface area (TPSA) is 68.8 Å². The lowest BCUT2D eigenvalue weighted by atomic mass is 9.99. The van der Waals surface area contributed by atoms with Crippen LogP contribution in [0.5, 0.6) is 0 Å². The van der Waals surface area contributed by atoms with Gasteiger partial charge in [-0.1, -0.05) is 12.1 Å². The van der Waals surface area contributed by atoms with Crippen LogP contribution in [0.25, 0.3) is 0 Å². The van der Waals surface area contributed by atoms with Gasteiger partial charge in [-0.25, -0.2) is 0 Å². The molecule has 0 saturated carbocycles. The van der Waals surface area contributed by atoms with Gasteiger partial charge >= 0.3 is 0 Å². The summed E-state index contributed by atoms with van der Waals surface area (Å²) in [7, 11) is 0. The Kier molecular flexibility index (Phi) is 3.82. The van der Waals surface area contributed by atoms with Gasteiger partial charge in [0.15, 0.2) is 0 Å². The van der Waals surface area contributed by atoms with Crippen molar-refractivity contribution in [3.8, 4) is 0 Å². The van der Waals surface area contributed by atoms with Crippen molar-refractivity contribution >= 4 is 0 Å². The molecule has 3 heterocycles. The van der Waals surface area contributed by atoms with Crippen LogP contribution in [0.15, 0.2) is 10.6 Å². The molecule has 1 aliphatic rings. The van der Waals surface area contributed by atoms with E-state index in [9.17, 15) is 0 Å². The average Bonchev–Trinajstić information content (AvgIpc) is 3.04. The van der Waals surface area contributed by atoms with Crippen LogP contribution in [-0.4, -0.2) is 26.5 Å². The first-order valence-corrected chi connectivity index (χ1v) is 7.30. The zero-order chi connectivity index (χ0) is 13.9. The Morgan fingerprint density at radius 3 is 3.10 bits per heavy atom. The van der Waals surface area contributed by atoms with E-state index in [1.54, 1.807) is 0 Å². The largest absolute Gasteiger partial charge is 0.361 e. The summed E-state index contributed by atoms with van der Waals surface area (Å²) in [5, 5.41) is 16.0. The fraction of sp³-hybridized carbons (Fsp3) is 0.643. The molecule has 1 N–H and O–H groups in total. The van der Waals surface area contributed by atoms with Gasteiger partial charge in [0.25, 0.3) is 0 Å². The Hall–Kier alpha value is -1.69. The first kappa shape index (κ1) is 13.3. The van der Waals surface area contributed by atoms with Crippen LogP contribution in [-0.2, 0) is 25.9 Å². The van der Waals surface area contributed by atoms with Crippen LogP contribution >= 0.6 is 0 Å². The highest BCUT2D eigenvalue weighted by molar-refractivity contribution is 5.03. The highest BCUT2D eigenvalue weighted by atomic mass is 16.5. The molecule has 108 valence electrons. The summed E-state index contributed by atoms with van der Waals surface area (Å²) in [4.78, 5) is 0. The van der Waals surface area contributed by atoms with Crippen molar-refractivity contribution in [1.29, 1.82) is 0 Å². The number of aryl methyl sites for hydroxylation is 3. The molecule has 6 heteroatoms. The summed E-state index contributed by atoms with van der Waals surface area (Å²) >= 11 is 0. The third-order valence-corrected chi connectivity index (χ3v) is 3.85. The molecule has 20 heavy (non-hydrogen) atoms. The molecule has 0 fully saturated rings. The summed E-state index contributed by atoms with van der Waals surface area (Å²) in [5.74, 6) is 3.75. The summed E-state index contributed by atoms with van der Waals surface area (Å²) in [6.45, 7) is 6.83. The number of aromatic nitrogens is 4. The molecule has 0 amide bonds. The second-order valence-electron chi connectivity index (χ2n) is 5.46. The minimum Gasteiger partial charge on any atom is -0.361 e. The Bertz CT molecular complexity index is 560. The summed E-state index contributed by atoms with van der Waals surface area (Å²) in [6, 6.07) is 1.97. The predicted molar refractivity (Wildman–Crippen MR) is 74.2 cm³/mol. The van der Waals surface area contributed by atoms with Crippen molar-refractivity contribution in [2.75, 3.05) is 6.54 Å². The van der Waals surface area contributed by atoms with Crippen LogP contribution in [0.1, 0.15) is 36.4 Å². The molecule has 0 radical (unpaired) electrons. The number of hydrogen-bond acceptors (Lipinski definition) is 5. The van der Waals surface area contributed by atoms with Crippen molar-refractivity contribution < 1.29 is 4.52 Å². The smallest absolute Gasteiger partial charge is 0.133 e. The van der Waals surface area contributed by atoms with Crippen molar-refractivity contribution in [3.05, 3.63) is 29.2 Å². The normalized spacial score (nSPS) is 18.2. The molecule has 0 aliphatic carbocycles. The Labute approximate surface area is 118 Å². The van der Waals surface area contributed by atoms with E-state index in [1.807, 2.05) is 13.0 Å².